The molecule has 38 heavy (non-hydrogen) atoms. The van der Waals surface area contributed by atoms with Crippen molar-refractivity contribution < 1.29 is 19.3 Å². The second-order valence-corrected chi connectivity index (χ2v) is 13.1. The van der Waals surface area contributed by atoms with E-state index in [0.717, 1.165) is 21.6 Å². The van der Waals surface area contributed by atoms with Crippen LogP contribution in [0.25, 0.3) is 0 Å². The number of nitro groups is 1. The van der Waals surface area contributed by atoms with Gasteiger partial charge in [-0.15, -0.1) is 23.2 Å². The number of amides is 3. The molecule has 1 heterocycles. The van der Waals surface area contributed by atoms with Gasteiger partial charge in [0.2, 0.25) is 0 Å². The number of nitro benzene ring substituents is 1. The number of rotatable bonds is 5. The average molecular weight is 703 g/mol. The lowest BCUT2D eigenvalue weighted by Gasteiger charge is -2.37. The van der Waals surface area contributed by atoms with E-state index in [0.29, 0.717) is 10.6 Å². The van der Waals surface area contributed by atoms with Crippen molar-refractivity contribution in [2.24, 2.45) is 11.8 Å². The third-order valence-electron chi connectivity index (χ3n) is 6.93. The summed E-state index contributed by atoms with van der Waals surface area (Å²) in [6.07, 6.45) is 0. The summed E-state index contributed by atoms with van der Waals surface area (Å²) in [7, 11) is 0. The summed E-state index contributed by atoms with van der Waals surface area (Å²) >= 11 is 42.7. The van der Waals surface area contributed by atoms with Gasteiger partial charge in [-0.3, -0.25) is 24.5 Å². The highest BCUT2D eigenvalue weighted by Gasteiger charge is 2.88. The van der Waals surface area contributed by atoms with E-state index in [1.165, 1.54) is 12.1 Å². The molecule has 2 aliphatic carbocycles. The Kier molecular flexibility index (Phi) is 6.79. The van der Waals surface area contributed by atoms with Gasteiger partial charge in [0, 0.05) is 22.2 Å². The molecule has 8 nitrogen and oxygen atoms in total. The molecule has 1 saturated heterocycles. The first-order chi connectivity index (χ1) is 17.7. The molecular weight excluding hydrogens is 691 g/mol. The van der Waals surface area contributed by atoms with Gasteiger partial charge in [0.25, 0.3) is 23.4 Å². The Hall–Kier alpha value is -1.59. The molecule has 198 valence electrons. The number of hydrogen-bond donors (Lipinski definition) is 0. The zero-order chi connectivity index (χ0) is 27.9. The predicted molar refractivity (Wildman–Crippen MR) is 146 cm³/mol. The number of hydrogen-bond acceptors (Lipinski definition) is 5. The van der Waals surface area contributed by atoms with Crippen LogP contribution in [0.15, 0.2) is 63.1 Å². The summed E-state index contributed by atoms with van der Waals surface area (Å²) in [5.74, 6) is -5.47. The molecule has 1 aliphatic heterocycles. The average Bonchev–Trinajstić information content (AvgIpc) is 3.26. The maximum atomic E-state index is 13.9. The van der Waals surface area contributed by atoms with Crippen molar-refractivity contribution in [2.75, 3.05) is 0 Å². The topological polar surface area (TPSA) is 101 Å². The molecule has 1 saturated carbocycles. The molecule has 2 fully saturated rings. The maximum absolute atomic E-state index is 13.9. The van der Waals surface area contributed by atoms with Crippen LogP contribution in [0.1, 0.15) is 15.9 Å². The predicted octanol–water partition coefficient (Wildman–Crippen LogP) is 6.36. The summed E-state index contributed by atoms with van der Waals surface area (Å²) < 4.78 is -1.36. The molecule has 0 N–H and O–H groups in total. The van der Waals surface area contributed by atoms with Gasteiger partial charge in [-0.1, -0.05) is 74.5 Å². The largest absolute Gasteiger partial charge is 0.273 e. The van der Waals surface area contributed by atoms with Crippen LogP contribution in [-0.2, 0) is 16.1 Å². The smallest absolute Gasteiger partial charge is 0.272 e. The highest BCUT2D eigenvalue weighted by Crippen LogP contribution is 2.77. The van der Waals surface area contributed by atoms with E-state index in [-0.39, 0.29) is 27.9 Å². The number of carbonyl (C=O) groups is 3. The molecule has 2 bridgehead atoms. The number of nitrogens with zero attached hydrogens (tertiary/aromatic N) is 3. The Bertz CT molecular complexity index is 1410. The quantitative estimate of drug-likeness (QED) is 0.156. The lowest BCUT2D eigenvalue weighted by Crippen LogP contribution is -2.55. The Morgan fingerprint density at radius 2 is 1.39 bits per heavy atom. The third-order valence-corrected chi connectivity index (χ3v) is 11.7. The number of allylic oxidation sites excluding steroid dienone is 2. The van der Waals surface area contributed by atoms with Crippen LogP contribution in [0.3, 0.4) is 0 Å². The summed E-state index contributed by atoms with van der Waals surface area (Å²) in [5, 5.41) is 12.1. The normalized spacial score (nSPS) is 29.2. The van der Waals surface area contributed by atoms with E-state index in [1.54, 1.807) is 24.3 Å². The van der Waals surface area contributed by atoms with Crippen LogP contribution in [-0.4, -0.2) is 46.7 Å². The van der Waals surface area contributed by atoms with E-state index in [4.69, 9.17) is 69.6 Å². The fourth-order valence-corrected chi connectivity index (χ4v) is 8.28. The Labute approximate surface area is 253 Å². The van der Waals surface area contributed by atoms with Gasteiger partial charge >= 0.3 is 0 Å². The van der Waals surface area contributed by atoms with Crippen LogP contribution in [0.4, 0.5) is 5.69 Å². The second-order valence-electron chi connectivity index (χ2n) is 8.86. The van der Waals surface area contributed by atoms with Gasteiger partial charge in [-0.2, -0.15) is 5.01 Å². The summed E-state index contributed by atoms with van der Waals surface area (Å²) in [4.78, 5) is 47.8. The molecule has 2 aromatic rings. The number of imide groups is 1. The van der Waals surface area contributed by atoms with Gasteiger partial charge < -0.3 is 0 Å². The van der Waals surface area contributed by atoms with Crippen LogP contribution in [0.5, 0.6) is 0 Å². The van der Waals surface area contributed by atoms with Crippen LogP contribution < -0.4 is 0 Å². The minimum atomic E-state index is -2.12. The molecular formula is C23H12BrCl6N3O5. The summed E-state index contributed by atoms with van der Waals surface area (Å²) in [6, 6.07) is 11.5. The van der Waals surface area contributed by atoms with E-state index in [1.807, 2.05) is 0 Å². The monoisotopic (exact) mass is 699 g/mol. The van der Waals surface area contributed by atoms with E-state index in [9.17, 15) is 24.5 Å². The Balaban J connectivity index is 1.60. The number of carbonyl (C=O) groups excluding carboxylic acids is 3. The first-order valence-corrected chi connectivity index (χ1v) is 13.8. The highest BCUT2D eigenvalue weighted by atomic mass is 79.9. The molecule has 2 aromatic carbocycles. The number of hydrazine groups is 1. The lowest BCUT2D eigenvalue weighted by atomic mass is 9.84. The van der Waals surface area contributed by atoms with Crippen molar-refractivity contribution >= 4 is 109 Å². The number of alkyl halides is 4. The summed E-state index contributed by atoms with van der Waals surface area (Å²) in [5.41, 5.74) is 0.292. The molecule has 4 atom stereocenters. The fraction of sp³-hybridized carbons (Fsp3) is 0.261. The van der Waals surface area contributed by atoms with Crippen molar-refractivity contribution in [3.63, 3.8) is 0 Å². The molecule has 15 heteroatoms. The SMILES string of the molecule is O=C(c1ccc([N+](=O)[O-])cc1)N(Cc1ccc(Br)cc1)N1C(=O)[C@@H]2[C@@H](C1=O)[C@@]1(Cl)C(Cl)=C(Cl)[C@@]2(Cl)C1(Cl)Cl. The highest BCUT2D eigenvalue weighted by molar-refractivity contribution is 9.10. The van der Waals surface area contributed by atoms with Crippen molar-refractivity contribution in [3.05, 3.63) is 84.3 Å². The lowest BCUT2D eigenvalue weighted by molar-refractivity contribution is -0.384. The van der Waals surface area contributed by atoms with Gasteiger partial charge in [0.15, 0.2) is 4.33 Å². The second kappa shape index (κ2) is 9.23. The number of non-ortho nitro benzene ring substituents is 1. The van der Waals surface area contributed by atoms with Gasteiger partial charge in [-0.05, 0) is 29.8 Å². The van der Waals surface area contributed by atoms with Gasteiger partial charge in [-0.25, -0.2) is 5.01 Å². The van der Waals surface area contributed by atoms with Crippen molar-refractivity contribution in [1.29, 1.82) is 0 Å². The molecule has 5 rings (SSSR count). The van der Waals surface area contributed by atoms with Crippen molar-refractivity contribution in [2.45, 2.75) is 20.6 Å². The van der Waals surface area contributed by atoms with Crippen LogP contribution in [0.2, 0.25) is 0 Å². The van der Waals surface area contributed by atoms with Crippen LogP contribution >= 0.6 is 85.5 Å². The molecule has 3 aliphatic rings. The summed E-state index contributed by atoms with van der Waals surface area (Å²) in [6.45, 7) is -0.230. The Morgan fingerprint density at radius 3 is 1.84 bits per heavy atom. The van der Waals surface area contributed by atoms with Crippen LogP contribution in [0, 0.1) is 22.0 Å². The minimum Gasteiger partial charge on any atom is -0.272 e. The maximum Gasteiger partial charge on any atom is 0.273 e. The van der Waals surface area contributed by atoms with Gasteiger partial charge in [0.05, 0.1) is 33.4 Å². The fourth-order valence-electron chi connectivity index (χ4n) is 5.09. The molecule has 0 unspecified atom stereocenters. The molecule has 0 radical (unpaired) electrons. The first-order valence-electron chi connectivity index (χ1n) is 10.7. The van der Waals surface area contributed by atoms with E-state index >= 15 is 0 Å². The standard InChI is InChI=1S/C23H12BrCl6N3O5/c24-12-5-1-10(2-6-12)9-31(18(34)11-3-7-13(8-4-11)33(37)38)32-19(35)14-15(20(32)36)22(28)17(26)16(25)21(14,27)23(22,29)30/h1-8,14-15H,9H2/t14-,15-,21+,22+/m0/s1. The van der Waals surface area contributed by atoms with E-state index < -0.39 is 48.6 Å². The Morgan fingerprint density at radius 1 is 0.921 bits per heavy atom. The third kappa shape index (κ3) is 3.52. The molecule has 3 amide bonds. The van der Waals surface area contributed by atoms with Crippen molar-refractivity contribution in [1.82, 2.24) is 10.0 Å². The van der Waals surface area contributed by atoms with E-state index in [2.05, 4.69) is 15.9 Å². The zero-order valence-electron chi connectivity index (χ0n) is 18.5. The number of benzene rings is 2. The van der Waals surface area contributed by atoms with Crippen molar-refractivity contribution in [3.8, 4) is 0 Å². The molecule has 0 aromatic heterocycles. The first kappa shape index (κ1) is 28.0. The zero-order valence-corrected chi connectivity index (χ0v) is 24.6. The van der Waals surface area contributed by atoms with Gasteiger partial charge in [0.1, 0.15) is 9.75 Å². The minimum absolute atomic E-state index is 0.0206. The number of fused-ring (bicyclic) bond motifs is 5. The number of halogens is 7. The molecule has 0 spiro atoms.